The maximum atomic E-state index is 13.2. The molecule has 1 amide bonds. The van der Waals surface area contributed by atoms with Crippen LogP contribution in [0.5, 0.6) is 0 Å². The number of hydrogen-bond acceptors (Lipinski definition) is 2. The van der Waals surface area contributed by atoms with Gasteiger partial charge >= 0.3 is 0 Å². The van der Waals surface area contributed by atoms with E-state index >= 15 is 0 Å². The Morgan fingerprint density at radius 2 is 1.92 bits per heavy atom. The molecule has 1 heterocycles. The van der Waals surface area contributed by atoms with Crippen LogP contribution in [-0.4, -0.2) is 16.7 Å². The number of nitrogens with one attached hydrogen (secondary N) is 2. The lowest BCUT2D eigenvalue weighted by Gasteiger charge is -2.13. The van der Waals surface area contributed by atoms with Crippen LogP contribution in [-0.2, 0) is 4.79 Å². The van der Waals surface area contributed by atoms with Crippen molar-refractivity contribution in [3.63, 3.8) is 0 Å². The molecule has 4 nitrogen and oxygen atoms in total. The summed E-state index contributed by atoms with van der Waals surface area (Å²) in [5.41, 5.74) is 1.97. The van der Waals surface area contributed by atoms with Gasteiger partial charge < -0.3 is 10.3 Å². The van der Waals surface area contributed by atoms with Gasteiger partial charge in [0.1, 0.15) is 17.3 Å². The molecular weight excluding hydrogens is 343 g/mol. The van der Waals surface area contributed by atoms with Gasteiger partial charge in [-0.2, -0.15) is 0 Å². The molecule has 4 rings (SSSR count). The van der Waals surface area contributed by atoms with Crippen molar-refractivity contribution in [3.8, 4) is 0 Å². The number of ketones is 1. The largest absolute Gasteiger partial charge is 0.357 e. The molecule has 1 aromatic carbocycles. The molecule has 0 bridgehead atoms. The SMILES string of the molecule is O=C1CC2CC(c3cc[nH]c3C(=O)Nc3ccc(F)c(Cl)c3)CC2C1. The zero-order chi connectivity index (χ0) is 17.6. The van der Waals surface area contributed by atoms with Crippen molar-refractivity contribution in [2.75, 3.05) is 5.32 Å². The Hall–Kier alpha value is -2.14. The van der Waals surface area contributed by atoms with Crippen LogP contribution in [0.4, 0.5) is 10.1 Å². The minimum atomic E-state index is -0.521. The summed E-state index contributed by atoms with van der Waals surface area (Å²) in [4.78, 5) is 27.2. The van der Waals surface area contributed by atoms with Gasteiger partial charge in [-0.25, -0.2) is 4.39 Å². The van der Waals surface area contributed by atoms with E-state index in [0.29, 0.717) is 47.8 Å². The maximum absolute atomic E-state index is 13.2. The van der Waals surface area contributed by atoms with Crippen LogP contribution in [0.3, 0.4) is 0 Å². The van der Waals surface area contributed by atoms with Crippen molar-refractivity contribution in [1.29, 1.82) is 0 Å². The highest BCUT2D eigenvalue weighted by Gasteiger charge is 2.42. The number of aromatic nitrogens is 1. The van der Waals surface area contributed by atoms with E-state index in [4.69, 9.17) is 11.6 Å². The number of halogens is 2. The predicted molar refractivity (Wildman–Crippen MR) is 93.4 cm³/mol. The molecule has 0 saturated heterocycles. The molecule has 2 fully saturated rings. The number of carbonyl (C=O) groups is 2. The van der Waals surface area contributed by atoms with Crippen LogP contribution < -0.4 is 5.32 Å². The third-order valence-electron chi connectivity index (χ3n) is 5.44. The first-order valence-corrected chi connectivity index (χ1v) is 8.84. The molecule has 0 aliphatic heterocycles. The molecule has 1 aromatic heterocycles. The van der Waals surface area contributed by atoms with Gasteiger partial charge in [0.15, 0.2) is 0 Å². The lowest BCUT2D eigenvalue weighted by Crippen LogP contribution is -2.15. The Balaban J connectivity index is 1.50. The van der Waals surface area contributed by atoms with Gasteiger partial charge in [-0.05, 0) is 60.4 Å². The summed E-state index contributed by atoms with van der Waals surface area (Å²) in [5, 5.41) is 2.73. The summed E-state index contributed by atoms with van der Waals surface area (Å²) in [5.74, 6) is 0.794. The third kappa shape index (κ3) is 3.09. The average molecular weight is 361 g/mol. The van der Waals surface area contributed by atoms with Crippen molar-refractivity contribution in [2.24, 2.45) is 11.8 Å². The highest BCUT2D eigenvalue weighted by molar-refractivity contribution is 6.31. The fourth-order valence-corrected chi connectivity index (χ4v) is 4.50. The second kappa shape index (κ2) is 6.30. The Kier molecular flexibility index (Phi) is 4.12. The third-order valence-corrected chi connectivity index (χ3v) is 5.73. The Bertz CT molecular complexity index is 832. The standard InChI is InChI=1S/C19H18ClFN2O2/c20-16-9-13(1-2-17(16)21)23-19(25)18-15(3-4-22-18)12-5-10-7-14(24)8-11(10)6-12/h1-4,9-12,22H,5-8H2,(H,23,25). The van der Waals surface area contributed by atoms with Crippen molar-refractivity contribution >= 4 is 29.0 Å². The highest BCUT2D eigenvalue weighted by Crippen LogP contribution is 2.49. The molecule has 2 aliphatic carbocycles. The minimum absolute atomic E-state index is 0.0298. The fourth-order valence-electron chi connectivity index (χ4n) is 4.32. The van der Waals surface area contributed by atoms with E-state index in [2.05, 4.69) is 10.3 Å². The van der Waals surface area contributed by atoms with Crippen molar-refractivity contribution in [1.82, 2.24) is 4.98 Å². The lowest BCUT2D eigenvalue weighted by molar-refractivity contribution is -0.117. The van der Waals surface area contributed by atoms with Crippen LogP contribution in [0.2, 0.25) is 5.02 Å². The number of anilines is 1. The first-order valence-electron chi connectivity index (χ1n) is 8.46. The van der Waals surface area contributed by atoms with E-state index in [-0.39, 0.29) is 10.9 Å². The van der Waals surface area contributed by atoms with Gasteiger partial charge in [0, 0.05) is 24.7 Å². The number of rotatable bonds is 3. The highest BCUT2D eigenvalue weighted by atomic mass is 35.5. The molecule has 0 radical (unpaired) electrons. The average Bonchev–Trinajstić information content (AvgIpc) is 3.24. The van der Waals surface area contributed by atoms with Gasteiger partial charge in [0.05, 0.1) is 5.02 Å². The molecule has 25 heavy (non-hydrogen) atoms. The summed E-state index contributed by atoms with van der Waals surface area (Å²) in [6, 6.07) is 6.04. The number of amides is 1. The number of carbonyl (C=O) groups excluding carboxylic acids is 2. The van der Waals surface area contributed by atoms with Gasteiger partial charge in [0.2, 0.25) is 0 Å². The normalized spacial score (nSPS) is 25.2. The number of benzene rings is 1. The lowest BCUT2D eigenvalue weighted by atomic mass is 9.94. The summed E-state index contributed by atoms with van der Waals surface area (Å²) in [6.07, 6.45) is 5.04. The first kappa shape index (κ1) is 16.3. The second-order valence-corrected chi connectivity index (χ2v) is 7.43. The molecule has 0 spiro atoms. The monoisotopic (exact) mass is 360 g/mol. The van der Waals surface area contributed by atoms with Gasteiger partial charge in [-0.15, -0.1) is 0 Å². The van der Waals surface area contributed by atoms with Crippen LogP contribution in [0.1, 0.15) is 47.7 Å². The predicted octanol–water partition coefficient (Wildman–Crippen LogP) is 4.53. The summed E-state index contributed by atoms with van der Waals surface area (Å²) < 4.78 is 13.2. The van der Waals surface area contributed by atoms with E-state index in [1.165, 1.54) is 18.2 Å². The number of aromatic amines is 1. The van der Waals surface area contributed by atoms with E-state index in [1.807, 2.05) is 6.07 Å². The van der Waals surface area contributed by atoms with Crippen molar-refractivity contribution < 1.29 is 14.0 Å². The van der Waals surface area contributed by atoms with E-state index in [1.54, 1.807) is 6.20 Å². The maximum Gasteiger partial charge on any atom is 0.272 e. The molecule has 6 heteroatoms. The number of hydrogen-bond donors (Lipinski definition) is 2. The van der Waals surface area contributed by atoms with E-state index < -0.39 is 5.82 Å². The number of H-pyrrole nitrogens is 1. The van der Waals surface area contributed by atoms with Gasteiger partial charge in [-0.3, -0.25) is 9.59 Å². The minimum Gasteiger partial charge on any atom is -0.357 e. The molecule has 2 saturated carbocycles. The molecule has 2 unspecified atom stereocenters. The van der Waals surface area contributed by atoms with Crippen LogP contribution in [0.25, 0.3) is 0 Å². The Morgan fingerprint density at radius 1 is 1.20 bits per heavy atom. The summed E-state index contributed by atoms with van der Waals surface area (Å²) in [6.45, 7) is 0. The smallest absolute Gasteiger partial charge is 0.272 e. The summed E-state index contributed by atoms with van der Waals surface area (Å²) in [7, 11) is 0. The topological polar surface area (TPSA) is 62.0 Å². The van der Waals surface area contributed by atoms with Crippen LogP contribution in [0, 0.1) is 17.7 Å². The first-order chi connectivity index (χ1) is 12.0. The Morgan fingerprint density at radius 3 is 2.60 bits per heavy atom. The fraction of sp³-hybridized carbons (Fsp3) is 0.368. The number of Topliss-reactive ketones (excluding diaryl/α,β-unsaturated/α-hetero) is 1. The van der Waals surface area contributed by atoms with Gasteiger partial charge in [-0.1, -0.05) is 11.6 Å². The zero-order valence-electron chi connectivity index (χ0n) is 13.5. The molecule has 130 valence electrons. The Labute approximate surface area is 149 Å². The molecule has 2 atom stereocenters. The quantitative estimate of drug-likeness (QED) is 0.844. The zero-order valence-corrected chi connectivity index (χ0v) is 14.3. The molecule has 2 N–H and O–H groups in total. The van der Waals surface area contributed by atoms with Gasteiger partial charge in [0.25, 0.3) is 5.91 Å². The molecular formula is C19H18ClFN2O2. The number of fused-ring (bicyclic) bond motifs is 1. The van der Waals surface area contributed by atoms with Crippen molar-refractivity contribution in [3.05, 3.63) is 52.6 Å². The van der Waals surface area contributed by atoms with E-state index in [0.717, 1.165) is 18.4 Å². The second-order valence-electron chi connectivity index (χ2n) is 7.03. The molecule has 2 aliphatic rings. The van der Waals surface area contributed by atoms with Crippen LogP contribution >= 0.6 is 11.6 Å². The molecule has 2 aromatic rings. The summed E-state index contributed by atoms with van der Waals surface area (Å²) >= 11 is 5.76. The van der Waals surface area contributed by atoms with Crippen molar-refractivity contribution in [2.45, 2.75) is 31.6 Å². The van der Waals surface area contributed by atoms with E-state index in [9.17, 15) is 14.0 Å². The van der Waals surface area contributed by atoms with Crippen LogP contribution in [0.15, 0.2) is 30.5 Å².